The molecule has 2 N–H and O–H groups in total. The van der Waals surface area contributed by atoms with E-state index in [1.54, 1.807) is 0 Å². The van der Waals surface area contributed by atoms with Crippen molar-refractivity contribution in [3.05, 3.63) is 35.1 Å². The van der Waals surface area contributed by atoms with Crippen molar-refractivity contribution in [1.29, 1.82) is 0 Å². The number of pyridine rings is 1. The number of aromatic nitrogens is 3. The molecule has 24 heavy (non-hydrogen) atoms. The molecule has 0 amide bonds. The topological polar surface area (TPSA) is 101 Å². The van der Waals surface area contributed by atoms with Crippen LogP contribution < -0.4 is 5.32 Å². The van der Waals surface area contributed by atoms with Gasteiger partial charge in [-0.05, 0) is 43.7 Å². The van der Waals surface area contributed by atoms with Crippen molar-refractivity contribution in [3.63, 3.8) is 0 Å². The molecule has 0 fully saturated rings. The molecule has 0 saturated carbocycles. The van der Waals surface area contributed by atoms with Crippen LogP contribution in [0.15, 0.2) is 16.7 Å². The van der Waals surface area contributed by atoms with Gasteiger partial charge in [0.25, 0.3) is 0 Å². The Morgan fingerprint density at radius 3 is 3.00 bits per heavy atom. The zero-order valence-corrected chi connectivity index (χ0v) is 13.6. The third kappa shape index (κ3) is 4.53. The second kappa shape index (κ2) is 7.90. The summed E-state index contributed by atoms with van der Waals surface area (Å²) in [6.07, 6.45) is 5.92. The Balaban J connectivity index is 1.45. The number of carbonyl (C=O) groups is 1. The molecule has 1 aliphatic heterocycles. The SMILES string of the molecule is O=C(O)CCCc1nc(CCCc2ccc3c(n2)NCCC3)no1. The highest BCUT2D eigenvalue weighted by Gasteiger charge is 2.11. The molecule has 0 aromatic carbocycles. The summed E-state index contributed by atoms with van der Waals surface area (Å²) in [7, 11) is 0. The van der Waals surface area contributed by atoms with Gasteiger partial charge in [-0.2, -0.15) is 4.98 Å². The van der Waals surface area contributed by atoms with Crippen LogP contribution >= 0.6 is 0 Å². The number of carboxylic acid groups (broad SMARTS) is 1. The Morgan fingerprint density at radius 2 is 2.12 bits per heavy atom. The number of rotatable bonds is 8. The average molecular weight is 330 g/mol. The van der Waals surface area contributed by atoms with Crippen molar-refractivity contribution in [2.75, 3.05) is 11.9 Å². The lowest BCUT2D eigenvalue weighted by Crippen LogP contribution is -2.14. The molecule has 0 radical (unpaired) electrons. The molecule has 0 bridgehead atoms. The summed E-state index contributed by atoms with van der Waals surface area (Å²) < 4.78 is 5.14. The standard InChI is InChI=1S/C17H22N4O3/c22-16(23)8-2-7-15-20-14(21-24-15)6-1-5-13-10-9-12-4-3-11-18-17(12)19-13/h9-10H,1-8,11H2,(H,18,19)(H,22,23). The minimum absolute atomic E-state index is 0.121. The van der Waals surface area contributed by atoms with Gasteiger partial charge >= 0.3 is 5.97 Å². The first-order valence-corrected chi connectivity index (χ1v) is 8.46. The monoisotopic (exact) mass is 330 g/mol. The maximum atomic E-state index is 10.5. The lowest BCUT2D eigenvalue weighted by atomic mass is 10.1. The van der Waals surface area contributed by atoms with E-state index >= 15 is 0 Å². The van der Waals surface area contributed by atoms with Crippen molar-refractivity contribution in [1.82, 2.24) is 15.1 Å². The molecule has 2 aromatic rings. The van der Waals surface area contributed by atoms with E-state index in [1.807, 2.05) is 0 Å². The van der Waals surface area contributed by atoms with Gasteiger partial charge in [-0.15, -0.1) is 0 Å². The molecule has 3 rings (SSSR count). The summed E-state index contributed by atoms with van der Waals surface area (Å²) >= 11 is 0. The highest BCUT2D eigenvalue weighted by Crippen LogP contribution is 2.20. The van der Waals surface area contributed by atoms with Gasteiger partial charge in [-0.1, -0.05) is 11.2 Å². The number of aliphatic carboxylic acids is 1. The van der Waals surface area contributed by atoms with Gasteiger partial charge in [-0.25, -0.2) is 4.98 Å². The van der Waals surface area contributed by atoms with Crippen LogP contribution in [-0.2, 0) is 30.5 Å². The first-order valence-electron chi connectivity index (χ1n) is 8.46. The molecule has 7 heteroatoms. The smallest absolute Gasteiger partial charge is 0.303 e. The third-order valence-electron chi connectivity index (χ3n) is 4.08. The Morgan fingerprint density at radius 1 is 1.21 bits per heavy atom. The van der Waals surface area contributed by atoms with Crippen molar-refractivity contribution in [2.45, 2.75) is 51.4 Å². The lowest BCUT2D eigenvalue weighted by Gasteiger charge is -2.17. The quantitative estimate of drug-likeness (QED) is 0.766. The molecule has 0 saturated heterocycles. The highest BCUT2D eigenvalue weighted by atomic mass is 16.5. The maximum absolute atomic E-state index is 10.5. The van der Waals surface area contributed by atoms with E-state index in [2.05, 4.69) is 32.6 Å². The summed E-state index contributed by atoms with van der Waals surface area (Å²) in [4.78, 5) is 19.5. The number of anilines is 1. The van der Waals surface area contributed by atoms with Gasteiger partial charge in [0.05, 0.1) is 0 Å². The van der Waals surface area contributed by atoms with Gasteiger partial charge in [0.1, 0.15) is 5.82 Å². The summed E-state index contributed by atoms with van der Waals surface area (Å²) in [5.41, 5.74) is 2.38. The molecule has 2 aromatic heterocycles. The number of hydrogen-bond donors (Lipinski definition) is 2. The molecule has 0 atom stereocenters. The number of carboxylic acids is 1. The van der Waals surface area contributed by atoms with Crippen LogP contribution in [0.4, 0.5) is 5.82 Å². The predicted molar refractivity (Wildman–Crippen MR) is 87.9 cm³/mol. The third-order valence-corrected chi connectivity index (χ3v) is 4.08. The van der Waals surface area contributed by atoms with E-state index in [0.29, 0.717) is 24.6 Å². The van der Waals surface area contributed by atoms with E-state index in [1.165, 1.54) is 12.0 Å². The lowest BCUT2D eigenvalue weighted by molar-refractivity contribution is -0.137. The van der Waals surface area contributed by atoms with E-state index in [4.69, 9.17) is 9.63 Å². The van der Waals surface area contributed by atoms with E-state index in [9.17, 15) is 4.79 Å². The van der Waals surface area contributed by atoms with Crippen molar-refractivity contribution < 1.29 is 14.4 Å². The highest BCUT2D eigenvalue weighted by molar-refractivity contribution is 5.66. The number of nitrogens with zero attached hydrogens (tertiary/aromatic N) is 3. The Hall–Kier alpha value is -2.44. The molecule has 0 spiro atoms. The second-order valence-electron chi connectivity index (χ2n) is 6.05. The molecule has 3 heterocycles. The molecule has 0 aliphatic carbocycles. The molecule has 128 valence electrons. The zero-order chi connectivity index (χ0) is 16.8. The Labute approximate surface area is 140 Å². The first-order chi connectivity index (χ1) is 11.7. The van der Waals surface area contributed by atoms with Crippen molar-refractivity contribution in [2.24, 2.45) is 0 Å². The van der Waals surface area contributed by atoms with Crippen LogP contribution in [0.1, 0.15) is 48.7 Å². The minimum atomic E-state index is -0.804. The average Bonchev–Trinajstić information content (AvgIpc) is 3.02. The normalized spacial score (nSPS) is 13.3. The Kier molecular flexibility index (Phi) is 5.40. The molecule has 1 aliphatic rings. The molecule has 7 nitrogen and oxygen atoms in total. The van der Waals surface area contributed by atoms with Crippen molar-refractivity contribution >= 4 is 11.8 Å². The largest absolute Gasteiger partial charge is 0.481 e. The van der Waals surface area contributed by atoms with Crippen LogP contribution in [0, 0.1) is 0 Å². The van der Waals surface area contributed by atoms with Crippen LogP contribution in [0.2, 0.25) is 0 Å². The van der Waals surface area contributed by atoms with Gasteiger partial charge in [0, 0.05) is 31.5 Å². The first kappa shape index (κ1) is 16.4. The fourth-order valence-corrected chi connectivity index (χ4v) is 2.82. The molecular weight excluding hydrogens is 308 g/mol. The molecular formula is C17H22N4O3. The fourth-order valence-electron chi connectivity index (χ4n) is 2.82. The number of fused-ring (bicyclic) bond motifs is 1. The van der Waals surface area contributed by atoms with Crippen LogP contribution in [-0.4, -0.2) is 32.7 Å². The maximum Gasteiger partial charge on any atom is 0.303 e. The summed E-state index contributed by atoms with van der Waals surface area (Å²) in [5.74, 6) is 1.42. The van der Waals surface area contributed by atoms with Gasteiger partial charge in [-0.3, -0.25) is 4.79 Å². The van der Waals surface area contributed by atoms with Gasteiger partial charge in [0.2, 0.25) is 5.89 Å². The Bertz CT molecular complexity index is 699. The van der Waals surface area contributed by atoms with E-state index in [-0.39, 0.29) is 6.42 Å². The van der Waals surface area contributed by atoms with Crippen LogP contribution in [0.25, 0.3) is 0 Å². The molecule has 0 unspecified atom stereocenters. The zero-order valence-electron chi connectivity index (χ0n) is 13.6. The summed E-state index contributed by atoms with van der Waals surface area (Å²) in [6.45, 7) is 0.997. The summed E-state index contributed by atoms with van der Waals surface area (Å²) in [5, 5.41) is 15.9. The number of hydrogen-bond acceptors (Lipinski definition) is 6. The minimum Gasteiger partial charge on any atom is -0.481 e. The van der Waals surface area contributed by atoms with E-state index in [0.717, 1.165) is 43.7 Å². The van der Waals surface area contributed by atoms with E-state index < -0.39 is 5.97 Å². The summed E-state index contributed by atoms with van der Waals surface area (Å²) in [6, 6.07) is 4.26. The van der Waals surface area contributed by atoms with Gasteiger partial charge in [0.15, 0.2) is 5.82 Å². The predicted octanol–water partition coefficient (Wildman–Crippen LogP) is 2.41. The fraction of sp³-hybridized carbons (Fsp3) is 0.529. The van der Waals surface area contributed by atoms with Crippen LogP contribution in [0.5, 0.6) is 0 Å². The van der Waals surface area contributed by atoms with Crippen molar-refractivity contribution in [3.8, 4) is 0 Å². The number of nitrogens with one attached hydrogen (secondary N) is 1. The van der Waals surface area contributed by atoms with Gasteiger partial charge < -0.3 is 14.9 Å². The number of aryl methyl sites for hydroxylation is 4. The second-order valence-corrected chi connectivity index (χ2v) is 6.05. The van der Waals surface area contributed by atoms with Crippen LogP contribution in [0.3, 0.4) is 0 Å².